The Balaban J connectivity index is 1.99. The summed E-state index contributed by atoms with van der Waals surface area (Å²) in [7, 11) is 3.22. The second kappa shape index (κ2) is 8.88. The van der Waals surface area contributed by atoms with Crippen molar-refractivity contribution >= 4 is 33.3 Å². The third-order valence-corrected chi connectivity index (χ3v) is 5.10. The van der Waals surface area contributed by atoms with Crippen LogP contribution in [0.2, 0.25) is 0 Å². The zero-order valence-electron chi connectivity index (χ0n) is 16.5. The summed E-state index contributed by atoms with van der Waals surface area (Å²) in [4.78, 5) is 22.0. The molecule has 0 radical (unpaired) electrons. The molecule has 2 heterocycles. The predicted molar refractivity (Wildman–Crippen MR) is 112 cm³/mol. The number of anilines is 1. The van der Waals surface area contributed by atoms with Gasteiger partial charge in [0.25, 0.3) is 0 Å². The van der Waals surface area contributed by atoms with Crippen molar-refractivity contribution in [2.24, 2.45) is 0 Å². The van der Waals surface area contributed by atoms with Crippen LogP contribution in [-0.4, -0.2) is 43.2 Å². The van der Waals surface area contributed by atoms with Gasteiger partial charge in [0.15, 0.2) is 11.5 Å². The van der Waals surface area contributed by atoms with Gasteiger partial charge >= 0.3 is 0 Å². The molecular formula is C20H24N4O3S. The fourth-order valence-corrected chi connectivity index (χ4v) is 3.88. The Morgan fingerprint density at radius 2 is 1.96 bits per heavy atom. The fraction of sp³-hybridized carbons (Fsp3) is 0.350. The number of nitrogens with one attached hydrogen (secondary N) is 2. The van der Waals surface area contributed by atoms with Gasteiger partial charge in [0, 0.05) is 17.5 Å². The van der Waals surface area contributed by atoms with E-state index in [1.54, 1.807) is 25.6 Å². The summed E-state index contributed by atoms with van der Waals surface area (Å²) in [6, 6.07) is 5.77. The Morgan fingerprint density at radius 1 is 1.18 bits per heavy atom. The number of benzene rings is 1. The van der Waals surface area contributed by atoms with E-state index in [0.717, 1.165) is 27.8 Å². The lowest BCUT2D eigenvalue weighted by Crippen LogP contribution is -2.30. The molecule has 3 aromatic rings. The molecule has 0 unspecified atom stereocenters. The van der Waals surface area contributed by atoms with Crippen molar-refractivity contribution in [2.75, 3.05) is 32.6 Å². The highest BCUT2D eigenvalue weighted by Crippen LogP contribution is 2.40. The van der Waals surface area contributed by atoms with Crippen LogP contribution >= 0.6 is 11.3 Å². The molecule has 0 fully saturated rings. The van der Waals surface area contributed by atoms with E-state index in [1.165, 1.54) is 0 Å². The minimum absolute atomic E-state index is 0.0610. The second-order valence-electron chi connectivity index (χ2n) is 6.22. The zero-order chi connectivity index (χ0) is 20.1. The number of rotatable bonds is 8. The normalized spacial score (nSPS) is 10.7. The van der Waals surface area contributed by atoms with Crippen LogP contribution in [0.15, 0.2) is 23.6 Å². The van der Waals surface area contributed by atoms with E-state index in [-0.39, 0.29) is 12.5 Å². The summed E-state index contributed by atoms with van der Waals surface area (Å²) in [5.41, 5.74) is 1.95. The number of hydrogen-bond donors (Lipinski definition) is 2. The summed E-state index contributed by atoms with van der Waals surface area (Å²) in [6.45, 7) is 4.68. The third-order valence-electron chi connectivity index (χ3n) is 4.23. The third kappa shape index (κ3) is 4.17. The van der Waals surface area contributed by atoms with E-state index in [0.29, 0.717) is 29.7 Å². The quantitative estimate of drug-likeness (QED) is 0.601. The average molecular weight is 401 g/mol. The highest BCUT2D eigenvalue weighted by molar-refractivity contribution is 7.17. The number of aromatic nitrogens is 2. The molecule has 0 spiro atoms. The molecule has 2 N–H and O–H groups in total. The number of carbonyl (C=O) groups excluding carboxylic acids is 1. The lowest BCUT2D eigenvalue weighted by Gasteiger charge is -2.11. The maximum atomic E-state index is 12.0. The number of methoxy groups -OCH3 is 2. The van der Waals surface area contributed by atoms with Crippen LogP contribution in [0.1, 0.15) is 19.2 Å². The fourth-order valence-electron chi connectivity index (χ4n) is 2.88. The summed E-state index contributed by atoms with van der Waals surface area (Å²) < 4.78 is 10.8. The van der Waals surface area contributed by atoms with E-state index < -0.39 is 0 Å². The molecule has 1 aromatic carbocycles. The minimum atomic E-state index is -0.0610. The predicted octanol–water partition coefficient (Wildman–Crippen LogP) is 3.62. The molecule has 148 valence electrons. The van der Waals surface area contributed by atoms with Crippen LogP contribution in [0.5, 0.6) is 11.5 Å². The summed E-state index contributed by atoms with van der Waals surface area (Å²) in [5, 5.41) is 8.97. The van der Waals surface area contributed by atoms with Gasteiger partial charge in [-0.25, -0.2) is 9.97 Å². The van der Waals surface area contributed by atoms with Crippen molar-refractivity contribution in [2.45, 2.75) is 20.3 Å². The largest absolute Gasteiger partial charge is 0.493 e. The maximum Gasteiger partial charge on any atom is 0.239 e. The average Bonchev–Trinajstić information content (AvgIpc) is 3.13. The van der Waals surface area contributed by atoms with E-state index in [1.807, 2.05) is 37.4 Å². The SMILES string of the molecule is CCCNC(=O)CNc1nc(C)nc2scc(-c3ccc(OC)c(OC)c3)c12. The first-order valence-corrected chi connectivity index (χ1v) is 9.94. The van der Waals surface area contributed by atoms with Crippen LogP contribution < -0.4 is 20.1 Å². The van der Waals surface area contributed by atoms with Gasteiger partial charge in [0.05, 0.1) is 26.2 Å². The van der Waals surface area contributed by atoms with Crippen molar-refractivity contribution in [1.29, 1.82) is 0 Å². The van der Waals surface area contributed by atoms with Crippen molar-refractivity contribution in [3.8, 4) is 22.6 Å². The van der Waals surface area contributed by atoms with E-state index in [2.05, 4.69) is 20.6 Å². The Labute approximate surface area is 168 Å². The summed E-state index contributed by atoms with van der Waals surface area (Å²) in [5.74, 6) is 2.57. The Kier molecular flexibility index (Phi) is 6.30. The van der Waals surface area contributed by atoms with Gasteiger partial charge in [-0.05, 0) is 31.0 Å². The number of carbonyl (C=O) groups is 1. The maximum absolute atomic E-state index is 12.0. The molecule has 0 saturated heterocycles. The highest BCUT2D eigenvalue weighted by Gasteiger charge is 2.16. The Hall–Kier alpha value is -2.87. The summed E-state index contributed by atoms with van der Waals surface area (Å²) in [6.07, 6.45) is 0.899. The first-order chi connectivity index (χ1) is 13.6. The van der Waals surface area contributed by atoms with E-state index in [9.17, 15) is 4.79 Å². The van der Waals surface area contributed by atoms with Gasteiger partial charge in [0.2, 0.25) is 5.91 Å². The molecule has 0 aliphatic carbocycles. The van der Waals surface area contributed by atoms with E-state index >= 15 is 0 Å². The van der Waals surface area contributed by atoms with Crippen molar-refractivity contribution < 1.29 is 14.3 Å². The van der Waals surface area contributed by atoms with Gasteiger partial charge in [0.1, 0.15) is 16.5 Å². The molecule has 0 bridgehead atoms. The standard InChI is InChI=1S/C20H24N4O3S/c1-5-8-21-17(25)10-22-19-18-14(11-28-20(18)24-12(2)23-19)13-6-7-15(26-3)16(9-13)27-4/h6-7,9,11H,5,8,10H2,1-4H3,(H,21,25)(H,22,23,24). The van der Waals surface area contributed by atoms with Crippen molar-refractivity contribution in [1.82, 2.24) is 15.3 Å². The van der Waals surface area contributed by atoms with Gasteiger partial charge in [-0.2, -0.15) is 0 Å². The number of amides is 1. The molecule has 28 heavy (non-hydrogen) atoms. The monoisotopic (exact) mass is 400 g/mol. The Morgan fingerprint density at radius 3 is 2.68 bits per heavy atom. The lowest BCUT2D eigenvalue weighted by atomic mass is 10.1. The number of thiophene rings is 1. The number of aryl methyl sites for hydroxylation is 1. The molecule has 1 amide bonds. The smallest absolute Gasteiger partial charge is 0.239 e. The van der Waals surface area contributed by atoms with Gasteiger partial charge < -0.3 is 20.1 Å². The molecule has 7 nitrogen and oxygen atoms in total. The minimum Gasteiger partial charge on any atom is -0.493 e. The van der Waals surface area contributed by atoms with Crippen molar-refractivity contribution in [3.05, 3.63) is 29.4 Å². The van der Waals surface area contributed by atoms with Crippen LogP contribution in [0, 0.1) is 6.92 Å². The van der Waals surface area contributed by atoms with Crippen LogP contribution in [0.4, 0.5) is 5.82 Å². The first kappa shape index (κ1) is 19.9. The lowest BCUT2D eigenvalue weighted by molar-refractivity contribution is -0.119. The molecular weight excluding hydrogens is 376 g/mol. The molecule has 0 atom stereocenters. The number of nitrogens with zero attached hydrogens (tertiary/aromatic N) is 2. The first-order valence-electron chi connectivity index (χ1n) is 9.06. The topological polar surface area (TPSA) is 85.4 Å². The Bertz CT molecular complexity index is 987. The number of ether oxygens (including phenoxy) is 2. The molecule has 0 aliphatic rings. The number of hydrogen-bond acceptors (Lipinski definition) is 7. The van der Waals surface area contributed by atoms with E-state index in [4.69, 9.17) is 9.47 Å². The zero-order valence-corrected chi connectivity index (χ0v) is 17.3. The molecule has 0 aliphatic heterocycles. The molecule has 3 rings (SSSR count). The van der Waals surface area contributed by atoms with Gasteiger partial charge in [-0.3, -0.25) is 4.79 Å². The number of fused-ring (bicyclic) bond motifs is 1. The highest BCUT2D eigenvalue weighted by atomic mass is 32.1. The summed E-state index contributed by atoms with van der Waals surface area (Å²) >= 11 is 1.54. The molecule has 8 heteroatoms. The van der Waals surface area contributed by atoms with Gasteiger partial charge in [-0.15, -0.1) is 11.3 Å². The van der Waals surface area contributed by atoms with Crippen LogP contribution in [0.3, 0.4) is 0 Å². The molecule has 0 saturated carbocycles. The van der Waals surface area contributed by atoms with Crippen molar-refractivity contribution in [3.63, 3.8) is 0 Å². The molecule has 2 aromatic heterocycles. The van der Waals surface area contributed by atoms with Crippen LogP contribution in [0.25, 0.3) is 21.3 Å². The second-order valence-corrected chi connectivity index (χ2v) is 7.08. The van der Waals surface area contributed by atoms with Gasteiger partial charge in [-0.1, -0.05) is 13.0 Å². The van der Waals surface area contributed by atoms with Crippen LogP contribution in [-0.2, 0) is 4.79 Å².